The molecule has 0 aromatic heterocycles. The van der Waals surface area contributed by atoms with Crippen molar-refractivity contribution in [1.82, 2.24) is 0 Å². The van der Waals surface area contributed by atoms with Gasteiger partial charge < -0.3 is 19.7 Å². The highest BCUT2D eigenvalue weighted by atomic mass is 19.4. The Kier molecular flexibility index (Phi) is 5.68. The number of methoxy groups -OCH3 is 2. The number of rotatable bonds is 6. The molecule has 0 radical (unpaired) electrons. The highest BCUT2D eigenvalue weighted by Gasteiger charge is 2.63. The van der Waals surface area contributed by atoms with Crippen LogP contribution in [-0.2, 0) is 17.8 Å². The summed E-state index contributed by atoms with van der Waals surface area (Å²) in [6.45, 7) is 1.12. The Hall–Kier alpha value is -2.97. The molecule has 2 aromatic rings. The molecule has 2 aliphatic rings. The number of halogens is 4. The third-order valence-corrected chi connectivity index (χ3v) is 6.27. The van der Waals surface area contributed by atoms with Crippen molar-refractivity contribution in [1.29, 1.82) is 0 Å². The SMILES string of the molecule is COc1cc2c(c(OC)c1NC(=O)CC1(C(F)(F)F)CC1)CN(c1ccc(F)cc1)CC2. The van der Waals surface area contributed by atoms with E-state index < -0.39 is 23.9 Å². The van der Waals surface area contributed by atoms with Crippen LogP contribution in [0.1, 0.15) is 30.4 Å². The van der Waals surface area contributed by atoms with Gasteiger partial charge in [0.15, 0.2) is 5.75 Å². The zero-order valence-electron chi connectivity index (χ0n) is 17.8. The van der Waals surface area contributed by atoms with Crippen LogP contribution in [0.4, 0.5) is 28.9 Å². The first kappa shape index (κ1) is 22.2. The number of carbonyl (C=O) groups is 1. The number of nitrogens with one attached hydrogen (secondary N) is 1. The molecule has 0 spiro atoms. The van der Waals surface area contributed by atoms with E-state index in [1.165, 1.54) is 26.4 Å². The Balaban J connectivity index is 1.63. The lowest BCUT2D eigenvalue weighted by Gasteiger charge is -2.33. The summed E-state index contributed by atoms with van der Waals surface area (Å²) in [4.78, 5) is 14.6. The van der Waals surface area contributed by atoms with Crippen LogP contribution in [0, 0.1) is 11.2 Å². The zero-order chi connectivity index (χ0) is 23.1. The first-order valence-electron chi connectivity index (χ1n) is 10.3. The van der Waals surface area contributed by atoms with Gasteiger partial charge in [0.05, 0.1) is 19.6 Å². The van der Waals surface area contributed by atoms with Crippen LogP contribution < -0.4 is 19.7 Å². The molecule has 1 heterocycles. The fraction of sp³-hybridized carbons (Fsp3) is 0.435. The predicted octanol–water partition coefficient (Wildman–Crippen LogP) is 5.08. The number of amides is 1. The maximum Gasteiger partial charge on any atom is 0.395 e. The zero-order valence-corrected chi connectivity index (χ0v) is 17.8. The summed E-state index contributed by atoms with van der Waals surface area (Å²) in [7, 11) is 2.88. The molecular weight excluding hydrogens is 428 g/mol. The van der Waals surface area contributed by atoms with Crippen molar-refractivity contribution in [3.05, 3.63) is 47.3 Å². The number of anilines is 2. The number of hydrogen-bond donors (Lipinski definition) is 1. The second kappa shape index (κ2) is 8.18. The third kappa shape index (κ3) is 4.08. The second-order valence-corrected chi connectivity index (χ2v) is 8.28. The van der Waals surface area contributed by atoms with Gasteiger partial charge in [0.2, 0.25) is 5.91 Å². The van der Waals surface area contributed by atoms with Crippen molar-refractivity contribution in [3.63, 3.8) is 0 Å². The molecule has 0 saturated heterocycles. The average molecular weight is 452 g/mol. The number of benzene rings is 2. The van der Waals surface area contributed by atoms with Gasteiger partial charge in [0, 0.05) is 30.8 Å². The van der Waals surface area contributed by atoms with Gasteiger partial charge in [-0.05, 0) is 55.2 Å². The van der Waals surface area contributed by atoms with Crippen molar-refractivity contribution in [3.8, 4) is 11.5 Å². The van der Waals surface area contributed by atoms with Gasteiger partial charge in [-0.25, -0.2) is 4.39 Å². The van der Waals surface area contributed by atoms with Crippen molar-refractivity contribution in [2.75, 3.05) is 31.0 Å². The summed E-state index contributed by atoms with van der Waals surface area (Å²) in [6.07, 6.45) is -4.49. The molecule has 0 bridgehead atoms. The summed E-state index contributed by atoms with van der Waals surface area (Å²) in [5.74, 6) is -0.370. The van der Waals surface area contributed by atoms with E-state index in [9.17, 15) is 22.4 Å². The van der Waals surface area contributed by atoms with Crippen LogP contribution in [0.3, 0.4) is 0 Å². The molecule has 0 unspecified atom stereocenters. The fourth-order valence-electron chi connectivity index (χ4n) is 4.23. The molecule has 1 aliphatic carbocycles. The van der Waals surface area contributed by atoms with Gasteiger partial charge in [-0.2, -0.15) is 13.2 Å². The van der Waals surface area contributed by atoms with E-state index in [1.54, 1.807) is 18.2 Å². The monoisotopic (exact) mass is 452 g/mol. The van der Waals surface area contributed by atoms with Crippen LogP contribution in [-0.4, -0.2) is 32.8 Å². The molecule has 1 N–H and O–H groups in total. The van der Waals surface area contributed by atoms with E-state index in [2.05, 4.69) is 5.32 Å². The van der Waals surface area contributed by atoms with Crippen LogP contribution in [0.25, 0.3) is 0 Å². The maximum atomic E-state index is 13.3. The molecule has 0 atom stereocenters. The lowest BCUT2D eigenvalue weighted by atomic mass is 9.96. The number of carbonyl (C=O) groups excluding carboxylic acids is 1. The highest BCUT2D eigenvalue weighted by Crippen LogP contribution is 2.60. The Morgan fingerprint density at radius 1 is 1.16 bits per heavy atom. The van der Waals surface area contributed by atoms with Crippen molar-refractivity contribution >= 4 is 17.3 Å². The van der Waals surface area contributed by atoms with E-state index in [4.69, 9.17) is 9.47 Å². The Morgan fingerprint density at radius 3 is 2.41 bits per heavy atom. The van der Waals surface area contributed by atoms with E-state index in [-0.39, 0.29) is 24.3 Å². The van der Waals surface area contributed by atoms with E-state index >= 15 is 0 Å². The average Bonchev–Trinajstić information content (AvgIpc) is 3.54. The van der Waals surface area contributed by atoms with Crippen LogP contribution in [0.2, 0.25) is 0 Å². The molecule has 1 saturated carbocycles. The molecular formula is C23H24F4N2O3. The molecule has 2 aromatic carbocycles. The fourth-order valence-corrected chi connectivity index (χ4v) is 4.23. The summed E-state index contributed by atoms with van der Waals surface area (Å²) >= 11 is 0. The summed E-state index contributed by atoms with van der Waals surface area (Å²) in [6, 6.07) is 7.93. The molecule has 32 heavy (non-hydrogen) atoms. The largest absolute Gasteiger partial charge is 0.494 e. The minimum Gasteiger partial charge on any atom is -0.494 e. The molecule has 172 valence electrons. The van der Waals surface area contributed by atoms with Gasteiger partial charge in [0.25, 0.3) is 0 Å². The topological polar surface area (TPSA) is 50.8 Å². The second-order valence-electron chi connectivity index (χ2n) is 8.28. The van der Waals surface area contributed by atoms with E-state index in [0.29, 0.717) is 31.0 Å². The Morgan fingerprint density at radius 2 is 1.84 bits per heavy atom. The summed E-state index contributed by atoms with van der Waals surface area (Å²) < 4.78 is 64.2. The first-order chi connectivity index (χ1) is 15.2. The molecule has 9 heteroatoms. The minimum atomic E-state index is -4.41. The van der Waals surface area contributed by atoms with Gasteiger partial charge >= 0.3 is 6.18 Å². The van der Waals surface area contributed by atoms with Crippen molar-refractivity contribution in [2.24, 2.45) is 5.41 Å². The summed E-state index contributed by atoms with van der Waals surface area (Å²) in [5, 5.41) is 2.60. The first-order valence-corrected chi connectivity index (χ1v) is 10.3. The maximum absolute atomic E-state index is 13.3. The third-order valence-electron chi connectivity index (χ3n) is 6.27. The minimum absolute atomic E-state index is 0.0466. The van der Waals surface area contributed by atoms with Gasteiger partial charge in [-0.1, -0.05) is 0 Å². The lowest BCUT2D eigenvalue weighted by Crippen LogP contribution is -2.31. The van der Waals surface area contributed by atoms with Gasteiger partial charge in [0.1, 0.15) is 17.3 Å². The normalized spacial score (nSPS) is 16.9. The van der Waals surface area contributed by atoms with Crippen molar-refractivity contribution in [2.45, 2.75) is 38.4 Å². The number of fused-ring (bicyclic) bond motifs is 1. The number of ether oxygens (including phenoxy) is 2. The molecule has 4 rings (SSSR count). The quantitative estimate of drug-likeness (QED) is 0.622. The molecule has 1 aliphatic heterocycles. The lowest BCUT2D eigenvalue weighted by molar-refractivity contribution is -0.189. The number of hydrogen-bond acceptors (Lipinski definition) is 4. The molecule has 1 fully saturated rings. The molecule has 1 amide bonds. The van der Waals surface area contributed by atoms with Crippen LogP contribution in [0.5, 0.6) is 11.5 Å². The van der Waals surface area contributed by atoms with E-state index in [1.807, 2.05) is 4.90 Å². The van der Waals surface area contributed by atoms with Crippen LogP contribution in [0.15, 0.2) is 30.3 Å². The van der Waals surface area contributed by atoms with Gasteiger partial charge in [-0.15, -0.1) is 0 Å². The van der Waals surface area contributed by atoms with Crippen molar-refractivity contribution < 1.29 is 31.8 Å². The molecule has 5 nitrogen and oxygen atoms in total. The Bertz CT molecular complexity index is 1020. The Labute approximate surface area is 183 Å². The standard InChI is InChI=1S/C23H24F4N2O3/c1-31-18-11-14-7-10-29(16-5-3-15(24)4-6-16)13-17(14)21(32-2)20(18)28-19(30)12-22(8-9-22)23(25,26)27/h3-6,11H,7-10,12-13H2,1-2H3,(H,28,30). The smallest absolute Gasteiger partial charge is 0.395 e. The highest BCUT2D eigenvalue weighted by molar-refractivity contribution is 5.95. The van der Waals surface area contributed by atoms with E-state index in [0.717, 1.165) is 16.8 Å². The number of alkyl halides is 3. The van der Waals surface area contributed by atoms with Gasteiger partial charge in [-0.3, -0.25) is 4.79 Å². The van der Waals surface area contributed by atoms with Crippen LogP contribution >= 0.6 is 0 Å². The number of nitrogens with zero attached hydrogens (tertiary/aromatic N) is 1. The summed E-state index contributed by atoms with van der Waals surface area (Å²) in [5.41, 5.74) is 0.879. The predicted molar refractivity (Wildman–Crippen MR) is 112 cm³/mol.